The maximum absolute atomic E-state index is 11.2. The molecule has 2 N–H and O–H groups in total. The molecule has 0 saturated carbocycles. The highest BCUT2D eigenvalue weighted by atomic mass is 32.2. The van der Waals surface area contributed by atoms with Crippen LogP contribution in [0, 0.1) is 0 Å². The maximum atomic E-state index is 11.2. The smallest absolute Gasteiger partial charge is 0.323 e. The molecule has 5 nitrogen and oxygen atoms in total. The third-order valence-corrected chi connectivity index (χ3v) is 2.85. The Labute approximate surface area is 94.3 Å². The summed E-state index contributed by atoms with van der Waals surface area (Å²) < 4.78 is 4.48. The van der Waals surface area contributed by atoms with E-state index in [9.17, 15) is 9.59 Å². The highest BCUT2D eigenvalue weighted by Crippen LogP contribution is 2.05. The molecular formula is C9H18N2O3S. The zero-order valence-electron chi connectivity index (χ0n) is 9.36. The van der Waals surface area contributed by atoms with Crippen LogP contribution in [0.25, 0.3) is 0 Å². The number of hydrogen-bond acceptors (Lipinski definition) is 5. The van der Waals surface area contributed by atoms with Gasteiger partial charge >= 0.3 is 5.97 Å². The van der Waals surface area contributed by atoms with Crippen LogP contribution in [0.4, 0.5) is 0 Å². The second-order valence-corrected chi connectivity index (χ2v) is 4.39. The largest absolute Gasteiger partial charge is 0.468 e. The van der Waals surface area contributed by atoms with Crippen molar-refractivity contribution in [2.45, 2.75) is 12.5 Å². The van der Waals surface area contributed by atoms with E-state index in [-0.39, 0.29) is 5.91 Å². The maximum Gasteiger partial charge on any atom is 0.323 e. The lowest BCUT2D eigenvalue weighted by Gasteiger charge is -2.11. The van der Waals surface area contributed by atoms with Crippen molar-refractivity contribution in [3.05, 3.63) is 0 Å². The summed E-state index contributed by atoms with van der Waals surface area (Å²) in [5.41, 5.74) is 5.51. The molecule has 0 heterocycles. The molecule has 0 aliphatic carbocycles. The number of nitrogens with zero attached hydrogens (tertiary/aromatic N) is 1. The molecule has 1 amide bonds. The number of rotatable bonds is 6. The molecule has 15 heavy (non-hydrogen) atoms. The van der Waals surface area contributed by atoms with E-state index in [0.717, 1.165) is 0 Å². The number of thioether (sulfide) groups is 1. The van der Waals surface area contributed by atoms with Crippen molar-refractivity contribution in [2.24, 2.45) is 5.73 Å². The van der Waals surface area contributed by atoms with E-state index in [4.69, 9.17) is 5.73 Å². The Morgan fingerprint density at radius 1 is 1.47 bits per heavy atom. The third-order valence-electron chi connectivity index (χ3n) is 1.76. The molecule has 1 unspecified atom stereocenters. The topological polar surface area (TPSA) is 72.6 Å². The number of hydrogen-bond donors (Lipinski definition) is 1. The van der Waals surface area contributed by atoms with Gasteiger partial charge in [-0.3, -0.25) is 9.59 Å². The molecule has 0 aromatic heterocycles. The molecule has 0 fully saturated rings. The molecule has 0 rings (SSSR count). The second kappa shape index (κ2) is 7.53. The van der Waals surface area contributed by atoms with E-state index in [0.29, 0.717) is 17.9 Å². The van der Waals surface area contributed by atoms with Crippen molar-refractivity contribution >= 4 is 23.6 Å². The predicted molar refractivity (Wildman–Crippen MR) is 60.6 cm³/mol. The lowest BCUT2D eigenvalue weighted by molar-refractivity contribution is -0.141. The number of ether oxygens (including phenoxy) is 1. The van der Waals surface area contributed by atoms with E-state index in [1.54, 1.807) is 19.0 Å². The highest BCUT2D eigenvalue weighted by Gasteiger charge is 2.13. The van der Waals surface area contributed by atoms with Crippen LogP contribution in [0.3, 0.4) is 0 Å². The molecule has 1 atom stereocenters. The summed E-state index contributed by atoms with van der Waals surface area (Å²) in [4.78, 5) is 23.6. The van der Waals surface area contributed by atoms with Crippen molar-refractivity contribution in [2.75, 3.05) is 32.7 Å². The molecule has 6 heteroatoms. The Morgan fingerprint density at radius 3 is 2.53 bits per heavy atom. The Balaban J connectivity index is 3.54. The fraction of sp³-hybridized carbons (Fsp3) is 0.778. The molecule has 0 radical (unpaired) electrons. The fourth-order valence-electron chi connectivity index (χ4n) is 0.813. The predicted octanol–water partition coefficient (Wildman–Crippen LogP) is -0.302. The zero-order chi connectivity index (χ0) is 11.8. The first kappa shape index (κ1) is 14.2. The Morgan fingerprint density at radius 2 is 2.07 bits per heavy atom. The summed E-state index contributed by atoms with van der Waals surface area (Å²) in [6.45, 7) is 0. The quantitative estimate of drug-likeness (QED) is 0.504. The van der Waals surface area contributed by atoms with Gasteiger partial charge in [-0.1, -0.05) is 0 Å². The van der Waals surface area contributed by atoms with Gasteiger partial charge in [0.05, 0.1) is 7.11 Å². The summed E-state index contributed by atoms with van der Waals surface area (Å²) >= 11 is 1.48. The van der Waals surface area contributed by atoms with Crippen LogP contribution in [-0.4, -0.2) is 55.5 Å². The Kier molecular flexibility index (Phi) is 7.15. The number of carbonyl (C=O) groups is 2. The molecular weight excluding hydrogens is 216 g/mol. The van der Waals surface area contributed by atoms with Crippen LogP contribution in [0.2, 0.25) is 0 Å². The summed E-state index contributed by atoms with van der Waals surface area (Å²) in [5, 5.41) is 0. The van der Waals surface area contributed by atoms with Gasteiger partial charge in [0.25, 0.3) is 0 Å². The average molecular weight is 234 g/mol. The Bertz CT molecular complexity index is 221. The highest BCUT2D eigenvalue weighted by molar-refractivity contribution is 7.99. The average Bonchev–Trinajstić information content (AvgIpc) is 2.22. The molecule has 0 spiro atoms. The molecule has 0 saturated heterocycles. The number of methoxy groups -OCH3 is 1. The van der Waals surface area contributed by atoms with Crippen molar-refractivity contribution in [1.82, 2.24) is 4.90 Å². The number of esters is 1. The molecule has 0 aromatic carbocycles. The molecule has 0 bridgehead atoms. The molecule has 0 aliphatic heterocycles. The van der Waals surface area contributed by atoms with Crippen LogP contribution < -0.4 is 5.73 Å². The summed E-state index contributed by atoms with van der Waals surface area (Å²) in [7, 11) is 4.74. The Hall–Kier alpha value is -0.750. The van der Waals surface area contributed by atoms with Crippen molar-refractivity contribution < 1.29 is 14.3 Å². The van der Waals surface area contributed by atoms with Gasteiger partial charge in [-0.25, -0.2) is 0 Å². The summed E-state index contributed by atoms with van der Waals surface area (Å²) in [5.74, 6) is 0.810. The van der Waals surface area contributed by atoms with Gasteiger partial charge in [0.1, 0.15) is 6.04 Å². The minimum absolute atomic E-state index is 0.0779. The first-order chi connectivity index (χ1) is 6.99. The fourth-order valence-corrected chi connectivity index (χ4v) is 1.69. The van der Waals surface area contributed by atoms with E-state index in [1.807, 2.05) is 0 Å². The zero-order valence-corrected chi connectivity index (χ0v) is 10.2. The number of nitrogens with two attached hydrogens (primary N) is 1. The van der Waals surface area contributed by atoms with E-state index < -0.39 is 12.0 Å². The van der Waals surface area contributed by atoms with Crippen LogP contribution in [0.5, 0.6) is 0 Å². The van der Waals surface area contributed by atoms with Crippen molar-refractivity contribution in [3.63, 3.8) is 0 Å². The number of carbonyl (C=O) groups excluding carboxylic acids is 2. The summed E-state index contributed by atoms with van der Waals surface area (Å²) in [6, 6.07) is -0.602. The lowest BCUT2D eigenvalue weighted by atomic mass is 10.4. The van der Waals surface area contributed by atoms with Gasteiger partial charge in [0.15, 0.2) is 0 Å². The van der Waals surface area contributed by atoms with Crippen molar-refractivity contribution in [3.8, 4) is 0 Å². The monoisotopic (exact) mass is 234 g/mol. The van der Waals surface area contributed by atoms with Crippen LogP contribution >= 0.6 is 11.8 Å². The van der Waals surface area contributed by atoms with E-state index in [1.165, 1.54) is 18.9 Å². The first-order valence-electron chi connectivity index (χ1n) is 4.60. The van der Waals surface area contributed by atoms with Gasteiger partial charge in [-0.2, -0.15) is 11.8 Å². The molecule has 88 valence electrons. The standard InChI is InChI=1S/C9H18N2O3S/c1-11(2)8(12)4-5-15-6-7(10)9(13)14-3/h7H,4-6,10H2,1-3H3. The van der Waals surface area contributed by atoms with Crippen LogP contribution in [-0.2, 0) is 14.3 Å². The van der Waals surface area contributed by atoms with Gasteiger partial charge in [0.2, 0.25) is 5.91 Å². The lowest BCUT2D eigenvalue weighted by Crippen LogP contribution is -2.34. The second-order valence-electron chi connectivity index (χ2n) is 3.24. The first-order valence-corrected chi connectivity index (χ1v) is 5.75. The van der Waals surface area contributed by atoms with Gasteiger partial charge in [-0.05, 0) is 0 Å². The molecule has 0 aliphatic rings. The van der Waals surface area contributed by atoms with Gasteiger partial charge < -0.3 is 15.4 Å². The molecule has 0 aromatic rings. The van der Waals surface area contributed by atoms with E-state index in [2.05, 4.69) is 4.74 Å². The van der Waals surface area contributed by atoms with Gasteiger partial charge in [-0.15, -0.1) is 0 Å². The third kappa shape index (κ3) is 6.35. The minimum atomic E-state index is -0.602. The van der Waals surface area contributed by atoms with Gasteiger partial charge in [0, 0.05) is 32.0 Å². The van der Waals surface area contributed by atoms with Crippen LogP contribution in [0.1, 0.15) is 6.42 Å². The summed E-state index contributed by atoms with van der Waals surface area (Å²) in [6.07, 6.45) is 0.464. The van der Waals surface area contributed by atoms with Crippen molar-refractivity contribution in [1.29, 1.82) is 0 Å². The minimum Gasteiger partial charge on any atom is -0.468 e. The van der Waals surface area contributed by atoms with Crippen LogP contribution in [0.15, 0.2) is 0 Å². The SMILES string of the molecule is COC(=O)C(N)CSCCC(=O)N(C)C. The van der Waals surface area contributed by atoms with E-state index >= 15 is 0 Å². The number of amides is 1. The normalized spacial score (nSPS) is 12.0.